The normalized spacial score (nSPS) is 21.8. The van der Waals surface area contributed by atoms with Crippen LogP contribution in [0, 0.1) is 5.92 Å². The average Bonchev–Trinajstić information content (AvgIpc) is 2.55. The first-order chi connectivity index (χ1) is 11.9. The highest BCUT2D eigenvalue weighted by Crippen LogP contribution is 2.20. The smallest absolute Gasteiger partial charge is 0.302 e. The van der Waals surface area contributed by atoms with E-state index in [-0.39, 0.29) is 36.0 Å². The van der Waals surface area contributed by atoms with Crippen molar-refractivity contribution in [1.82, 2.24) is 10.6 Å². The molecule has 1 saturated heterocycles. The molecule has 2 atom stereocenters. The van der Waals surface area contributed by atoms with E-state index in [0.29, 0.717) is 12.2 Å². The van der Waals surface area contributed by atoms with Crippen molar-refractivity contribution in [2.75, 3.05) is 18.9 Å². The van der Waals surface area contributed by atoms with E-state index >= 15 is 0 Å². The molecule has 2 N–H and O–H groups in total. The van der Waals surface area contributed by atoms with Crippen molar-refractivity contribution in [3.63, 3.8) is 0 Å². The molecular weight excluding hydrogens is 344 g/mol. The van der Waals surface area contributed by atoms with Gasteiger partial charge in [-0.3, -0.25) is 19.2 Å². The lowest BCUT2D eigenvalue weighted by atomic mass is 9.97. The van der Waals surface area contributed by atoms with Crippen LogP contribution in [0.3, 0.4) is 0 Å². The van der Waals surface area contributed by atoms with E-state index in [1.807, 2.05) is 0 Å². The van der Waals surface area contributed by atoms with E-state index in [9.17, 15) is 19.2 Å². The number of ether oxygens (including phenoxy) is 1. The predicted octanol–water partition coefficient (Wildman–Crippen LogP) is 1.40. The summed E-state index contributed by atoms with van der Waals surface area (Å²) in [6.07, 6.45) is 5.17. The summed E-state index contributed by atoms with van der Waals surface area (Å²) in [7, 11) is 0. The van der Waals surface area contributed by atoms with Gasteiger partial charge in [-0.2, -0.15) is 0 Å². The maximum absolute atomic E-state index is 12.5. The molecule has 0 aromatic carbocycles. The summed E-state index contributed by atoms with van der Waals surface area (Å²) >= 11 is 1.15. The highest BCUT2D eigenvalue weighted by Gasteiger charge is 2.26. The molecule has 1 rings (SSSR count). The molecule has 2 amide bonds. The number of esters is 1. The van der Waals surface area contributed by atoms with Gasteiger partial charge in [-0.25, -0.2) is 0 Å². The minimum absolute atomic E-state index is 0.00958. The number of hydrogen-bond donors (Lipinski definition) is 2. The minimum Gasteiger partial charge on any atom is -0.464 e. The fraction of sp³-hybridized carbons (Fsp3) is 0.765. The first kappa shape index (κ1) is 21.5. The number of rotatable bonds is 6. The molecule has 0 spiro atoms. The summed E-state index contributed by atoms with van der Waals surface area (Å²) in [4.78, 5) is 46.7. The predicted molar refractivity (Wildman–Crippen MR) is 95.9 cm³/mol. The van der Waals surface area contributed by atoms with Crippen LogP contribution in [-0.4, -0.2) is 47.8 Å². The first-order valence-corrected chi connectivity index (χ1v) is 9.73. The van der Waals surface area contributed by atoms with Gasteiger partial charge in [-0.1, -0.05) is 37.4 Å². The Kier molecular flexibility index (Phi) is 10.2. The van der Waals surface area contributed by atoms with Crippen molar-refractivity contribution in [2.24, 2.45) is 5.92 Å². The molecule has 8 heteroatoms. The van der Waals surface area contributed by atoms with E-state index in [2.05, 4.69) is 10.6 Å². The van der Waals surface area contributed by atoms with Crippen LogP contribution in [0.4, 0.5) is 0 Å². The van der Waals surface area contributed by atoms with Crippen LogP contribution >= 0.6 is 11.8 Å². The SMILES string of the molecule is CC(=O)OCCNC(=O)[C@H]1CCCCCC[C@H](CSC(C)=O)C(=O)N1. The Hall–Kier alpha value is -1.57. The molecular formula is C17H28N2O5S. The van der Waals surface area contributed by atoms with Crippen molar-refractivity contribution >= 4 is 34.7 Å². The Morgan fingerprint density at radius 2 is 1.84 bits per heavy atom. The van der Waals surface area contributed by atoms with Crippen LogP contribution in [0.5, 0.6) is 0 Å². The average molecular weight is 372 g/mol. The second-order valence-corrected chi connectivity index (χ2v) is 7.38. The van der Waals surface area contributed by atoms with Gasteiger partial charge in [0, 0.05) is 25.5 Å². The van der Waals surface area contributed by atoms with Gasteiger partial charge >= 0.3 is 5.97 Å². The van der Waals surface area contributed by atoms with Crippen LogP contribution in [0.15, 0.2) is 0 Å². The van der Waals surface area contributed by atoms with Gasteiger partial charge in [0.15, 0.2) is 5.12 Å². The minimum atomic E-state index is -0.590. The molecule has 1 heterocycles. The third kappa shape index (κ3) is 9.48. The number of amides is 2. The molecule has 142 valence electrons. The Labute approximate surface area is 153 Å². The number of nitrogens with one attached hydrogen (secondary N) is 2. The van der Waals surface area contributed by atoms with Crippen molar-refractivity contribution < 1.29 is 23.9 Å². The summed E-state index contributed by atoms with van der Waals surface area (Å²) in [5.74, 6) is -0.646. The highest BCUT2D eigenvalue weighted by atomic mass is 32.2. The van der Waals surface area contributed by atoms with Gasteiger partial charge in [0.25, 0.3) is 0 Å². The molecule has 0 radical (unpaired) electrons. The Morgan fingerprint density at radius 3 is 2.48 bits per heavy atom. The first-order valence-electron chi connectivity index (χ1n) is 8.75. The summed E-state index contributed by atoms with van der Waals surface area (Å²) in [6.45, 7) is 3.12. The molecule has 7 nitrogen and oxygen atoms in total. The third-order valence-corrected chi connectivity index (χ3v) is 4.97. The number of carbonyl (C=O) groups is 4. The van der Waals surface area contributed by atoms with Crippen LogP contribution in [0.2, 0.25) is 0 Å². The molecule has 1 aliphatic rings. The van der Waals surface area contributed by atoms with Crippen molar-refractivity contribution in [3.05, 3.63) is 0 Å². The Balaban J connectivity index is 2.58. The van der Waals surface area contributed by atoms with Crippen molar-refractivity contribution in [3.8, 4) is 0 Å². The number of hydrogen-bond acceptors (Lipinski definition) is 6. The van der Waals surface area contributed by atoms with Crippen LogP contribution in [0.1, 0.15) is 52.4 Å². The van der Waals surface area contributed by atoms with E-state index in [1.165, 1.54) is 13.8 Å². The van der Waals surface area contributed by atoms with E-state index in [0.717, 1.165) is 43.9 Å². The fourth-order valence-corrected chi connectivity index (χ4v) is 3.41. The van der Waals surface area contributed by atoms with Crippen molar-refractivity contribution in [1.29, 1.82) is 0 Å². The molecule has 0 saturated carbocycles. The topological polar surface area (TPSA) is 102 Å². The maximum atomic E-state index is 12.5. The largest absolute Gasteiger partial charge is 0.464 e. The van der Waals surface area contributed by atoms with Gasteiger partial charge in [0.1, 0.15) is 12.6 Å². The molecule has 0 bridgehead atoms. The molecule has 1 fully saturated rings. The Bertz CT molecular complexity index is 484. The quantitative estimate of drug-likeness (QED) is 0.540. The summed E-state index contributed by atoms with van der Waals surface area (Å²) in [5.41, 5.74) is 0. The van der Waals surface area contributed by atoms with Gasteiger partial charge in [0.05, 0.1) is 6.54 Å². The standard InChI is InChI=1S/C17H28N2O5S/c1-12(20)24-10-9-18-17(23)15-8-6-4-3-5-7-14(16(22)19-15)11-25-13(2)21/h14-15H,3-11H2,1-2H3,(H,18,23)(H,19,22)/t14-,15-/m1/s1. The zero-order chi connectivity index (χ0) is 18.7. The second kappa shape index (κ2) is 11.9. The van der Waals surface area contributed by atoms with Gasteiger partial charge in [-0.15, -0.1) is 0 Å². The number of thioether (sulfide) groups is 1. The lowest BCUT2D eigenvalue weighted by Gasteiger charge is -2.23. The van der Waals surface area contributed by atoms with Crippen LogP contribution < -0.4 is 10.6 Å². The maximum Gasteiger partial charge on any atom is 0.302 e. The highest BCUT2D eigenvalue weighted by molar-refractivity contribution is 8.13. The molecule has 1 aliphatic heterocycles. The van der Waals surface area contributed by atoms with E-state index in [4.69, 9.17) is 4.74 Å². The van der Waals surface area contributed by atoms with Gasteiger partial charge < -0.3 is 15.4 Å². The number of carbonyl (C=O) groups excluding carboxylic acids is 4. The zero-order valence-electron chi connectivity index (χ0n) is 15.0. The molecule has 0 aliphatic carbocycles. The molecule has 0 aromatic rings. The monoisotopic (exact) mass is 372 g/mol. The fourth-order valence-electron chi connectivity index (χ4n) is 2.65. The van der Waals surface area contributed by atoms with Crippen LogP contribution in [0.25, 0.3) is 0 Å². The van der Waals surface area contributed by atoms with Crippen molar-refractivity contribution in [2.45, 2.75) is 58.4 Å². The lowest BCUT2D eigenvalue weighted by Crippen LogP contribution is -2.49. The zero-order valence-corrected chi connectivity index (χ0v) is 15.8. The summed E-state index contributed by atoms with van der Waals surface area (Å²) < 4.78 is 4.78. The summed E-state index contributed by atoms with van der Waals surface area (Å²) in [5, 5.41) is 5.50. The molecule has 0 unspecified atom stereocenters. The van der Waals surface area contributed by atoms with Gasteiger partial charge in [-0.05, 0) is 12.8 Å². The molecule has 25 heavy (non-hydrogen) atoms. The second-order valence-electron chi connectivity index (χ2n) is 6.18. The lowest BCUT2D eigenvalue weighted by molar-refractivity contribution is -0.141. The summed E-state index contributed by atoms with van der Waals surface area (Å²) in [6, 6.07) is -0.590. The Morgan fingerprint density at radius 1 is 1.16 bits per heavy atom. The molecule has 0 aromatic heterocycles. The van der Waals surface area contributed by atoms with Gasteiger partial charge in [0.2, 0.25) is 11.8 Å². The van der Waals surface area contributed by atoms with E-state index < -0.39 is 12.0 Å². The third-order valence-electron chi connectivity index (χ3n) is 3.99. The van der Waals surface area contributed by atoms with Crippen LogP contribution in [-0.2, 0) is 23.9 Å². The van der Waals surface area contributed by atoms with E-state index in [1.54, 1.807) is 0 Å².